The smallest absolute Gasteiger partial charge is 0.289 e. The summed E-state index contributed by atoms with van der Waals surface area (Å²) in [6.45, 7) is -0.122. The molecule has 0 heterocycles. The number of sulfonamides is 1. The van der Waals surface area contributed by atoms with Gasteiger partial charge in [-0.1, -0.05) is 48.0 Å². The van der Waals surface area contributed by atoms with Gasteiger partial charge in [0.15, 0.2) is 0 Å². The van der Waals surface area contributed by atoms with Crippen LogP contribution < -0.4 is 14.2 Å². The predicted molar refractivity (Wildman–Crippen MR) is 117 cm³/mol. The van der Waals surface area contributed by atoms with E-state index < -0.39 is 25.7 Å². The summed E-state index contributed by atoms with van der Waals surface area (Å²) in [5.74, 6) is 0.979. The molecule has 8 nitrogen and oxygen atoms in total. The lowest BCUT2D eigenvalue weighted by atomic mass is 10.1. The second-order valence-electron chi connectivity index (χ2n) is 6.40. The molecule has 10 heteroatoms. The Labute approximate surface area is 184 Å². The molecule has 0 atom stereocenters. The van der Waals surface area contributed by atoms with Gasteiger partial charge in [0.25, 0.3) is 5.69 Å². The first-order valence-corrected chi connectivity index (χ1v) is 10.9. The van der Waals surface area contributed by atoms with Crippen LogP contribution in [0, 0.1) is 10.1 Å². The number of nitro groups is 1. The number of nitro benzene ring substituents is 1. The van der Waals surface area contributed by atoms with Gasteiger partial charge in [-0.2, -0.15) is 0 Å². The second kappa shape index (κ2) is 9.34. The van der Waals surface area contributed by atoms with E-state index in [1.165, 1.54) is 26.4 Å². The van der Waals surface area contributed by atoms with E-state index in [0.717, 1.165) is 0 Å². The van der Waals surface area contributed by atoms with Crippen molar-refractivity contribution in [3.05, 3.63) is 81.4 Å². The molecule has 0 unspecified atom stereocenters. The maximum atomic E-state index is 13.2. The van der Waals surface area contributed by atoms with Gasteiger partial charge in [0.1, 0.15) is 21.4 Å². The van der Waals surface area contributed by atoms with Crippen LogP contribution in [-0.2, 0) is 16.6 Å². The van der Waals surface area contributed by atoms with Gasteiger partial charge in [-0.15, -0.1) is 0 Å². The molecular formula is C21H19ClN2O6S. The van der Waals surface area contributed by atoms with Crippen LogP contribution in [0.15, 0.2) is 65.6 Å². The Morgan fingerprint density at radius 2 is 1.74 bits per heavy atom. The lowest BCUT2D eigenvalue weighted by Crippen LogP contribution is -2.24. The number of halogens is 1. The Morgan fingerprint density at radius 3 is 2.35 bits per heavy atom. The van der Waals surface area contributed by atoms with Crippen molar-refractivity contribution in [2.24, 2.45) is 0 Å². The molecule has 0 radical (unpaired) electrons. The normalized spacial score (nSPS) is 11.2. The van der Waals surface area contributed by atoms with Crippen LogP contribution in [0.2, 0.25) is 5.02 Å². The highest BCUT2D eigenvalue weighted by atomic mass is 35.5. The molecule has 31 heavy (non-hydrogen) atoms. The Morgan fingerprint density at radius 1 is 1.03 bits per heavy atom. The van der Waals surface area contributed by atoms with Crippen LogP contribution in [-0.4, -0.2) is 27.6 Å². The van der Waals surface area contributed by atoms with Crippen molar-refractivity contribution in [2.75, 3.05) is 14.2 Å². The fourth-order valence-corrected chi connectivity index (χ4v) is 4.88. The molecule has 0 aromatic heterocycles. The van der Waals surface area contributed by atoms with E-state index in [2.05, 4.69) is 4.72 Å². The standard InChI is InChI=1S/C21H19ClN2O6S/c1-29-16-9-8-15(19(12-16)30-2)13-23-31(27,28)21-17(14-6-4-3-5-7-14)10-11-18(20(21)22)24(25)26/h3-12,23H,13H2,1-2H3. The number of hydrogen-bond acceptors (Lipinski definition) is 6. The summed E-state index contributed by atoms with van der Waals surface area (Å²) >= 11 is 6.22. The highest BCUT2D eigenvalue weighted by Gasteiger charge is 2.29. The molecule has 0 bridgehead atoms. The zero-order chi connectivity index (χ0) is 22.6. The van der Waals surface area contributed by atoms with E-state index in [1.54, 1.807) is 48.5 Å². The minimum atomic E-state index is -4.24. The van der Waals surface area contributed by atoms with E-state index in [9.17, 15) is 18.5 Å². The first-order valence-electron chi connectivity index (χ1n) is 9.01. The number of nitrogens with one attached hydrogen (secondary N) is 1. The van der Waals surface area contributed by atoms with Crippen LogP contribution in [0.25, 0.3) is 11.1 Å². The Bertz CT molecular complexity index is 1220. The third kappa shape index (κ3) is 4.79. The summed E-state index contributed by atoms with van der Waals surface area (Å²) in [5, 5.41) is 10.9. The van der Waals surface area contributed by atoms with Gasteiger partial charge in [0.2, 0.25) is 10.0 Å². The third-order valence-corrected chi connectivity index (χ3v) is 6.55. The van der Waals surface area contributed by atoms with Crippen molar-refractivity contribution in [3.63, 3.8) is 0 Å². The molecule has 0 aliphatic carbocycles. The summed E-state index contributed by atoms with van der Waals surface area (Å²) in [7, 11) is -1.28. The summed E-state index contributed by atoms with van der Waals surface area (Å²) in [6.07, 6.45) is 0. The number of methoxy groups -OCH3 is 2. The first kappa shape index (κ1) is 22.5. The number of ether oxygens (including phenoxy) is 2. The van der Waals surface area contributed by atoms with Crippen LogP contribution in [0.4, 0.5) is 5.69 Å². The monoisotopic (exact) mass is 462 g/mol. The average molecular weight is 463 g/mol. The minimum Gasteiger partial charge on any atom is -0.497 e. The number of rotatable bonds is 8. The lowest BCUT2D eigenvalue weighted by Gasteiger charge is -2.15. The fraction of sp³-hybridized carbons (Fsp3) is 0.143. The topological polar surface area (TPSA) is 108 Å². The van der Waals surface area contributed by atoms with Gasteiger partial charge in [0.05, 0.1) is 19.1 Å². The van der Waals surface area contributed by atoms with Crippen LogP contribution in [0.5, 0.6) is 11.5 Å². The zero-order valence-corrected chi connectivity index (χ0v) is 18.2. The van der Waals surface area contributed by atoms with E-state index in [0.29, 0.717) is 22.6 Å². The Hall–Kier alpha value is -3.14. The molecule has 0 aliphatic rings. The molecule has 0 saturated carbocycles. The molecule has 1 N–H and O–H groups in total. The molecule has 162 valence electrons. The molecule has 3 rings (SSSR count). The second-order valence-corrected chi connectivity index (χ2v) is 8.48. The van der Waals surface area contributed by atoms with E-state index >= 15 is 0 Å². The Kier molecular flexibility index (Phi) is 6.79. The number of hydrogen-bond donors (Lipinski definition) is 1. The van der Waals surface area contributed by atoms with E-state index in [4.69, 9.17) is 21.1 Å². The first-order chi connectivity index (χ1) is 14.8. The molecule has 0 aliphatic heterocycles. The molecule has 3 aromatic carbocycles. The number of benzene rings is 3. The molecule has 0 amide bonds. The molecule has 0 saturated heterocycles. The summed E-state index contributed by atoms with van der Waals surface area (Å²) < 4.78 is 39.4. The van der Waals surface area contributed by atoms with Crippen molar-refractivity contribution < 1.29 is 22.8 Å². The lowest BCUT2D eigenvalue weighted by molar-refractivity contribution is -0.384. The van der Waals surface area contributed by atoms with Gasteiger partial charge in [-0.25, -0.2) is 13.1 Å². The van der Waals surface area contributed by atoms with Gasteiger partial charge in [-0.05, 0) is 17.7 Å². The summed E-state index contributed by atoms with van der Waals surface area (Å²) in [6, 6.07) is 16.2. The minimum absolute atomic E-state index is 0.122. The highest BCUT2D eigenvalue weighted by Crippen LogP contribution is 2.39. The van der Waals surface area contributed by atoms with Crippen molar-refractivity contribution in [1.29, 1.82) is 0 Å². The van der Waals surface area contributed by atoms with Gasteiger partial charge < -0.3 is 9.47 Å². The summed E-state index contributed by atoms with van der Waals surface area (Å²) in [4.78, 5) is 10.3. The van der Waals surface area contributed by atoms with Crippen molar-refractivity contribution in [3.8, 4) is 22.6 Å². The van der Waals surface area contributed by atoms with Crippen LogP contribution in [0.1, 0.15) is 5.56 Å². The SMILES string of the molecule is COc1ccc(CNS(=O)(=O)c2c(-c3ccccc3)ccc([N+](=O)[O-])c2Cl)c(OC)c1. The number of nitrogens with zero attached hydrogens (tertiary/aromatic N) is 1. The van der Waals surface area contributed by atoms with Crippen molar-refractivity contribution in [1.82, 2.24) is 4.72 Å². The van der Waals surface area contributed by atoms with Gasteiger partial charge >= 0.3 is 0 Å². The molecule has 0 spiro atoms. The van der Waals surface area contributed by atoms with Crippen molar-refractivity contribution in [2.45, 2.75) is 11.4 Å². The molecule has 0 fully saturated rings. The fourth-order valence-electron chi connectivity index (χ4n) is 3.04. The van der Waals surface area contributed by atoms with Gasteiger partial charge in [0, 0.05) is 29.8 Å². The summed E-state index contributed by atoms with van der Waals surface area (Å²) in [5.41, 5.74) is 0.866. The van der Waals surface area contributed by atoms with E-state index in [1.807, 2.05) is 0 Å². The zero-order valence-electron chi connectivity index (χ0n) is 16.7. The Balaban J connectivity index is 2.06. The largest absolute Gasteiger partial charge is 0.497 e. The van der Waals surface area contributed by atoms with E-state index in [-0.39, 0.29) is 17.0 Å². The average Bonchev–Trinajstić information content (AvgIpc) is 2.77. The third-order valence-electron chi connectivity index (χ3n) is 4.57. The molecular weight excluding hydrogens is 444 g/mol. The van der Waals surface area contributed by atoms with Crippen LogP contribution >= 0.6 is 11.6 Å². The van der Waals surface area contributed by atoms with Gasteiger partial charge in [-0.3, -0.25) is 10.1 Å². The quantitative estimate of drug-likeness (QED) is 0.392. The maximum absolute atomic E-state index is 13.2. The van der Waals surface area contributed by atoms with Crippen LogP contribution in [0.3, 0.4) is 0 Å². The molecule has 3 aromatic rings. The highest BCUT2D eigenvalue weighted by molar-refractivity contribution is 7.89. The predicted octanol–water partition coefficient (Wildman–Crippen LogP) is 4.41. The van der Waals surface area contributed by atoms with Crippen molar-refractivity contribution >= 4 is 27.3 Å². The maximum Gasteiger partial charge on any atom is 0.289 e.